The quantitative estimate of drug-likeness (QED) is 0.659. The minimum Gasteiger partial charge on any atom is -0.353 e. The Balaban J connectivity index is 2.14. The van der Waals surface area contributed by atoms with Gasteiger partial charge in [0.15, 0.2) is 0 Å². The van der Waals surface area contributed by atoms with E-state index in [1.54, 1.807) is 36.4 Å². The van der Waals surface area contributed by atoms with Gasteiger partial charge < -0.3 is 5.32 Å². The topological polar surface area (TPSA) is 70.9 Å². The molecule has 20 heavy (non-hydrogen) atoms. The zero-order chi connectivity index (χ0) is 14.1. The molecule has 0 radical (unpaired) electrons. The maximum atomic E-state index is 10.7. The number of anilines is 2. The fourth-order valence-corrected chi connectivity index (χ4v) is 3.15. The minimum atomic E-state index is 0.348. The Kier molecular flexibility index (Phi) is 3.08. The third-order valence-electron chi connectivity index (χ3n) is 2.99. The van der Waals surface area contributed by atoms with Crippen molar-refractivity contribution in [1.29, 1.82) is 0 Å². The van der Waals surface area contributed by atoms with E-state index in [1.807, 2.05) is 0 Å². The maximum absolute atomic E-state index is 10.7. The molecular weight excluding hydrogens is 274 g/mol. The molecule has 0 spiro atoms. The van der Waals surface area contributed by atoms with E-state index < -0.39 is 0 Å². The van der Waals surface area contributed by atoms with Crippen molar-refractivity contribution >= 4 is 40.6 Å². The van der Waals surface area contributed by atoms with E-state index in [-0.39, 0.29) is 0 Å². The minimum absolute atomic E-state index is 0.348. The SMILES string of the molecule is C=Cc1cc(N=O)cc2c1Nc1ccc(N=O)cc1S2. The number of nitroso groups, excluding NO2 is 2. The van der Waals surface area contributed by atoms with Gasteiger partial charge in [0, 0.05) is 15.4 Å². The lowest BCUT2D eigenvalue weighted by Gasteiger charge is -2.22. The van der Waals surface area contributed by atoms with Gasteiger partial charge in [-0.1, -0.05) is 24.4 Å². The van der Waals surface area contributed by atoms with Crippen molar-refractivity contribution in [2.45, 2.75) is 9.79 Å². The van der Waals surface area contributed by atoms with Gasteiger partial charge in [0.25, 0.3) is 0 Å². The largest absolute Gasteiger partial charge is 0.353 e. The monoisotopic (exact) mass is 283 g/mol. The van der Waals surface area contributed by atoms with Gasteiger partial charge in [-0.15, -0.1) is 9.81 Å². The summed E-state index contributed by atoms with van der Waals surface area (Å²) >= 11 is 1.46. The average Bonchev–Trinajstić information content (AvgIpc) is 2.51. The van der Waals surface area contributed by atoms with Crippen LogP contribution in [0.2, 0.25) is 0 Å². The second-order valence-electron chi connectivity index (χ2n) is 4.20. The summed E-state index contributed by atoms with van der Waals surface area (Å²) in [6.45, 7) is 3.75. The van der Waals surface area contributed by atoms with E-state index in [0.29, 0.717) is 11.4 Å². The van der Waals surface area contributed by atoms with E-state index in [0.717, 1.165) is 26.7 Å². The van der Waals surface area contributed by atoms with E-state index in [4.69, 9.17) is 0 Å². The number of rotatable bonds is 3. The molecule has 1 aliphatic heterocycles. The van der Waals surface area contributed by atoms with Crippen LogP contribution in [0.1, 0.15) is 5.56 Å². The van der Waals surface area contributed by atoms with Gasteiger partial charge in [-0.2, -0.15) is 0 Å². The Morgan fingerprint density at radius 2 is 1.80 bits per heavy atom. The third kappa shape index (κ3) is 2.00. The van der Waals surface area contributed by atoms with Crippen LogP contribution in [0, 0.1) is 9.81 Å². The van der Waals surface area contributed by atoms with Crippen LogP contribution in [-0.4, -0.2) is 0 Å². The summed E-state index contributed by atoms with van der Waals surface area (Å²) in [6, 6.07) is 8.55. The van der Waals surface area contributed by atoms with Gasteiger partial charge in [0.05, 0.1) is 11.4 Å². The fraction of sp³-hybridized carbons (Fsp3) is 0. The smallest absolute Gasteiger partial charge is 0.109 e. The second-order valence-corrected chi connectivity index (χ2v) is 5.29. The highest BCUT2D eigenvalue weighted by Gasteiger charge is 2.19. The van der Waals surface area contributed by atoms with Crippen molar-refractivity contribution < 1.29 is 0 Å². The lowest BCUT2D eigenvalue weighted by atomic mass is 10.1. The summed E-state index contributed by atoms with van der Waals surface area (Å²) < 4.78 is 0. The molecule has 1 N–H and O–H groups in total. The number of hydrogen-bond acceptors (Lipinski definition) is 6. The Morgan fingerprint density at radius 3 is 2.50 bits per heavy atom. The predicted octanol–water partition coefficient (Wildman–Crippen LogP) is 5.33. The van der Waals surface area contributed by atoms with E-state index in [9.17, 15) is 9.81 Å². The van der Waals surface area contributed by atoms with Gasteiger partial charge in [-0.25, -0.2) is 0 Å². The molecule has 1 aliphatic rings. The highest BCUT2D eigenvalue weighted by Crippen LogP contribution is 2.48. The molecule has 2 aromatic rings. The Bertz CT molecular complexity index is 743. The summed E-state index contributed by atoms with van der Waals surface area (Å²) in [6.07, 6.45) is 1.67. The number of hydrogen-bond donors (Lipinski definition) is 1. The van der Waals surface area contributed by atoms with E-state index in [2.05, 4.69) is 22.2 Å². The molecule has 0 aliphatic carbocycles. The van der Waals surface area contributed by atoms with Crippen LogP contribution in [0.15, 0.2) is 57.1 Å². The molecular formula is C14H9N3O2S. The van der Waals surface area contributed by atoms with Gasteiger partial charge >= 0.3 is 0 Å². The van der Waals surface area contributed by atoms with E-state index >= 15 is 0 Å². The number of benzene rings is 2. The van der Waals surface area contributed by atoms with E-state index in [1.165, 1.54) is 11.8 Å². The fourth-order valence-electron chi connectivity index (χ4n) is 2.06. The first-order valence-corrected chi connectivity index (χ1v) is 6.63. The molecule has 0 amide bonds. The van der Waals surface area contributed by atoms with Crippen LogP contribution >= 0.6 is 11.8 Å². The van der Waals surface area contributed by atoms with Gasteiger partial charge in [0.2, 0.25) is 0 Å². The molecule has 6 heteroatoms. The maximum Gasteiger partial charge on any atom is 0.109 e. The lowest BCUT2D eigenvalue weighted by molar-refractivity contribution is 1.29. The van der Waals surface area contributed by atoms with Crippen LogP contribution < -0.4 is 5.32 Å². The highest BCUT2D eigenvalue weighted by molar-refractivity contribution is 7.99. The number of nitrogens with one attached hydrogen (secondary N) is 1. The van der Waals surface area contributed by atoms with Gasteiger partial charge in [-0.3, -0.25) is 0 Å². The zero-order valence-corrected chi connectivity index (χ0v) is 11.1. The standard InChI is InChI=1S/C14H9N3O2S/c1-2-8-5-10(17-19)7-13-14(8)15-11-4-3-9(16-18)6-12(11)20-13/h2-7,15H,1H2. The molecule has 5 nitrogen and oxygen atoms in total. The zero-order valence-electron chi connectivity index (χ0n) is 10.3. The van der Waals surface area contributed by atoms with Crippen molar-refractivity contribution in [3.8, 4) is 0 Å². The first-order chi connectivity index (χ1) is 9.75. The molecule has 0 fully saturated rings. The Labute approximate surface area is 119 Å². The average molecular weight is 283 g/mol. The van der Waals surface area contributed by atoms with Gasteiger partial charge in [0.1, 0.15) is 11.4 Å². The molecule has 3 rings (SSSR count). The number of fused-ring (bicyclic) bond motifs is 2. The molecule has 0 aromatic heterocycles. The predicted molar refractivity (Wildman–Crippen MR) is 81.3 cm³/mol. The molecule has 2 aromatic carbocycles. The third-order valence-corrected chi connectivity index (χ3v) is 4.09. The summed E-state index contributed by atoms with van der Waals surface area (Å²) in [5.74, 6) is 0. The summed E-state index contributed by atoms with van der Waals surface area (Å²) in [5, 5.41) is 9.18. The summed E-state index contributed by atoms with van der Waals surface area (Å²) in [7, 11) is 0. The van der Waals surface area contributed by atoms with Gasteiger partial charge in [-0.05, 0) is 40.7 Å². The molecule has 0 saturated carbocycles. The van der Waals surface area contributed by atoms with Crippen LogP contribution in [0.5, 0.6) is 0 Å². The van der Waals surface area contributed by atoms with Crippen molar-refractivity contribution in [2.75, 3.05) is 5.32 Å². The molecule has 0 bridgehead atoms. The molecule has 0 atom stereocenters. The summed E-state index contributed by atoms with van der Waals surface area (Å²) in [4.78, 5) is 23.1. The Hall–Kier alpha value is -2.47. The second kappa shape index (κ2) is 4.90. The van der Waals surface area contributed by atoms with Crippen LogP contribution in [0.25, 0.3) is 6.08 Å². The highest BCUT2D eigenvalue weighted by atomic mass is 32.2. The first kappa shape index (κ1) is 12.6. The lowest BCUT2D eigenvalue weighted by Crippen LogP contribution is -2.01. The normalized spacial score (nSPS) is 11.8. The van der Waals surface area contributed by atoms with Crippen LogP contribution in [-0.2, 0) is 0 Å². The molecule has 0 saturated heterocycles. The molecule has 0 unspecified atom stereocenters. The Morgan fingerprint density at radius 1 is 1.05 bits per heavy atom. The van der Waals surface area contributed by atoms with Crippen molar-refractivity contribution in [3.05, 3.63) is 52.3 Å². The first-order valence-electron chi connectivity index (χ1n) is 5.81. The van der Waals surface area contributed by atoms with Crippen LogP contribution in [0.3, 0.4) is 0 Å². The van der Waals surface area contributed by atoms with Crippen molar-refractivity contribution in [1.82, 2.24) is 0 Å². The van der Waals surface area contributed by atoms with Crippen LogP contribution in [0.4, 0.5) is 22.7 Å². The van der Waals surface area contributed by atoms with Crippen molar-refractivity contribution in [3.63, 3.8) is 0 Å². The molecule has 98 valence electrons. The molecule has 1 heterocycles. The number of nitrogens with zero attached hydrogens (tertiary/aromatic N) is 2. The van der Waals surface area contributed by atoms with Crippen molar-refractivity contribution in [2.24, 2.45) is 10.4 Å². The summed E-state index contributed by atoms with van der Waals surface area (Å²) in [5.41, 5.74) is 3.31.